The Morgan fingerprint density at radius 3 is 2.55 bits per heavy atom. The maximum Gasteiger partial charge on any atom is 0.417 e. The maximum atomic E-state index is 12.7. The van der Waals surface area contributed by atoms with Gasteiger partial charge in [-0.3, -0.25) is 15.0 Å². The van der Waals surface area contributed by atoms with Gasteiger partial charge in [0.1, 0.15) is 5.82 Å². The number of carbonyl (C=O) groups excluding carboxylic acids is 2. The van der Waals surface area contributed by atoms with Crippen LogP contribution < -0.4 is 15.5 Å². The summed E-state index contributed by atoms with van der Waals surface area (Å²) in [5, 5.41) is 5.32. The number of hydrogen-bond acceptors (Lipinski definition) is 5. The molecule has 7 nitrogen and oxygen atoms in total. The Morgan fingerprint density at radius 1 is 1.10 bits per heavy atom. The lowest BCUT2D eigenvalue weighted by Crippen LogP contribution is -2.50. The predicted molar refractivity (Wildman–Crippen MR) is 111 cm³/mol. The number of hydrogen-bond donors (Lipinski definition) is 2. The second-order valence-corrected chi connectivity index (χ2v) is 8.41. The Labute approximate surface area is 180 Å². The molecular formula is C21H30F3N5O2. The minimum Gasteiger partial charge on any atom is -0.355 e. The van der Waals surface area contributed by atoms with Crippen molar-refractivity contribution in [2.45, 2.75) is 51.2 Å². The molecule has 1 saturated heterocycles. The van der Waals surface area contributed by atoms with Crippen molar-refractivity contribution in [3.8, 4) is 0 Å². The number of amides is 3. The fraction of sp³-hybridized carbons (Fsp3) is 0.667. The zero-order valence-corrected chi connectivity index (χ0v) is 17.7. The highest BCUT2D eigenvalue weighted by atomic mass is 19.4. The van der Waals surface area contributed by atoms with E-state index in [1.807, 2.05) is 9.80 Å². The van der Waals surface area contributed by atoms with Crippen molar-refractivity contribution in [2.24, 2.45) is 5.92 Å². The molecule has 3 amide bonds. The van der Waals surface area contributed by atoms with Crippen LogP contribution >= 0.6 is 0 Å². The lowest BCUT2D eigenvalue weighted by atomic mass is 9.86. The smallest absolute Gasteiger partial charge is 0.355 e. The van der Waals surface area contributed by atoms with Crippen LogP contribution in [-0.2, 0) is 11.0 Å². The molecule has 0 radical (unpaired) electrons. The van der Waals surface area contributed by atoms with E-state index in [0.717, 1.165) is 37.9 Å². The Balaban J connectivity index is 1.45. The molecule has 31 heavy (non-hydrogen) atoms. The van der Waals surface area contributed by atoms with E-state index in [1.165, 1.54) is 12.5 Å². The minimum absolute atomic E-state index is 0.0991. The average molecular weight is 441 g/mol. The first-order valence-corrected chi connectivity index (χ1v) is 10.8. The number of nitrogens with one attached hydrogen (secondary N) is 2. The zero-order chi connectivity index (χ0) is 22.4. The fourth-order valence-electron chi connectivity index (χ4n) is 4.20. The molecule has 172 valence electrons. The number of alkyl halides is 3. The first-order chi connectivity index (χ1) is 14.7. The highest BCUT2D eigenvalue weighted by molar-refractivity contribution is 5.95. The maximum absolute atomic E-state index is 12.7. The van der Waals surface area contributed by atoms with Crippen molar-refractivity contribution in [1.29, 1.82) is 0 Å². The van der Waals surface area contributed by atoms with E-state index in [1.54, 1.807) is 0 Å². The quantitative estimate of drug-likeness (QED) is 0.751. The van der Waals surface area contributed by atoms with Gasteiger partial charge in [0.2, 0.25) is 5.91 Å². The van der Waals surface area contributed by atoms with Gasteiger partial charge in [0, 0.05) is 38.4 Å². The largest absolute Gasteiger partial charge is 0.417 e. The van der Waals surface area contributed by atoms with E-state index in [-0.39, 0.29) is 18.5 Å². The molecule has 10 heteroatoms. The van der Waals surface area contributed by atoms with Crippen molar-refractivity contribution in [1.82, 2.24) is 20.5 Å². The fourth-order valence-corrected chi connectivity index (χ4v) is 4.20. The van der Waals surface area contributed by atoms with Gasteiger partial charge in [-0.1, -0.05) is 19.8 Å². The Hall–Kier alpha value is -2.36. The van der Waals surface area contributed by atoms with Crippen molar-refractivity contribution in [3.63, 3.8) is 0 Å². The van der Waals surface area contributed by atoms with E-state index in [9.17, 15) is 22.8 Å². The van der Waals surface area contributed by atoms with Crippen LogP contribution in [0, 0.1) is 5.92 Å². The van der Waals surface area contributed by atoms with E-state index in [2.05, 4.69) is 22.5 Å². The van der Waals surface area contributed by atoms with Gasteiger partial charge in [-0.2, -0.15) is 13.2 Å². The predicted octanol–water partition coefficient (Wildman–Crippen LogP) is 3.02. The molecule has 3 rings (SSSR count). The van der Waals surface area contributed by atoms with Gasteiger partial charge in [0.15, 0.2) is 0 Å². The Morgan fingerprint density at radius 2 is 1.87 bits per heavy atom. The van der Waals surface area contributed by atoms with E-state index in [4.69, 9.17) is 0 Å². The summed E-state index contributed by atoms with van der Waals surface area (Å²) >= 11 is 0. The van der Waals surface area contributed by atoms with Crippen LogP contribution in [-0.4, -0.2) is 60.6 Å². The highest BCUT2D eigenvalue weighted by Crippen LogP contribution is 2.29. The standard InChI is InChI=1S/C21H30F3N5O2/c1-15-5-2-3-6-17(15)26-20(31)27-19(30)14-28-9-4-10-29(12-11-28)18-8-7-16(13-25-18)21(22,23)24/h7-8,13,15,17H,2-6,9-12,14H2,1H3,(H2,26,27,30,31). The van der Waals surface area contributed by atoms with Crippen LogP contribution in [0.25, 0.3) is 0 Å². The number of aromatic nitrogens is 1. The van der Waals surface area contributed by atoms with Crippen LogP contribution in [0.4, 0.5) is 23.8 Å². The molecule has 1 saturated carbocycles. The van der Waals surface area contributed by atoms with Crippen LogP contribution in [0.2, 0.25) is 0 Å². The first-order valence-electron chi connectivity index (χ1n) is 10.8. The minimum atomic E-state index is -4.41. The summed E-state index contributed by atoms with van der Waals surface area (Å²) < 4.78 is 38.1. The third kappa shape index (κ3) is 6.81. The highest BCUT2D eigenvalue weighted by Gasteiger charge is 2.31. The van der Waals surface area contributed by atoms with Gasteiger partial charge < -0.3 is 10.2 Å². The number of rotatable bonds is 4. The van der Waals surface area contributed by atoms with Gasteiger partial charge in [-0.15, -0.1) is 0 Å². The summed E-state index contributed by atoms with van der Waals surface area (Å²) in [5.41, 5.74) is -0.773. The lowest BCUT2D eigenvalue weighted by Gasteiger charge is -2.29. The molecule has 2 heterocycles. The van der Waals surface area contributed by atoms with Crippen LogP contribution in [0.3, 0.4) is 0 Å². The second kappa shape index (κ2) is 10.3. The second-order valence-electron chi connectivity index (χ2n) is 8.41. The number of imide groups is 1. The molecule has 1 aliphatic heterocycles. The van der Waals surface area contributed by atoms with Gasteiger partial charge in [0.05, 0.1) is 12.1 Å². The number of halogens is 3. The van der Waals surface area contributed by atoms with Gasteiger partial charge in [0.25, 0.3) is 0 Å². The van der Waals surface area contributed by atoms with Crippen molar-refractivity contribution in [3.05, 3.63) is 23.9 Å². The van der Waals surface area contributed by atoms with Crippen molar-refractivity contribution in [2.75, 3.05) is 37.6 Å². The molecule has 2 aliphatic rings. The Bertz CT molecular complexity index is 756. The molecule has 2 N–H and O–H groups in total. The van der Waals surface area contributed by atoms with Gasteiger partial charge >= 0.3 is 12.2 Å². The number of nitrogens with zero attached hydrogens (tertiary/aromatic N) is 3. The van der Waals surface area contributed by atoms with Crippen LogP contribution in [0.1, 0.15) is 44.6 Å². The average Bonchev–Trinajstić information content (AvgIpc) is 2.94. The first kappa shape index (κ1) is 23.3. The molecule has 0 spiro atoms. The van der Waals surface area contributed by atoms with Crippen molar-refractivity contribution >= 4 is 17.8 Å². The monoisotopic (exact) mass is 441 g/mol. The third-order valence-corrected chi connectivity index (χ3v) is 6.04. The SMILES string of the molecule is CC1CCCCC1NC(=O)NC(=O)CN1CCCN(c2ccc(C(F)(F)F)cn2)CC1. The van der Waals surface area contributed by atoms with Crippen molar-refractivity contribution < 1.29 is 22.8 Å². The molecule has 1 aliphatic carbocycles. The Kier molecular flexibility index (Phi) is 7.74. The topological polar surface area (TPSA) is 77.6 Å². The number of anilines is 1. The lowest BCUT2D eigenvalue weighted by molar-refractivity contribution is -0.137. The summed E-state index contributed by atoms with van der Waals surface area (Å²) in [6, 6.07) is 2.06. The molecule has 1 aromatic heterocycles. The summed E-state index contributed by atoms with van der Waals surface area (Å²) in [6.45, 7) is 4.60. The van der Waals surface area contributed by atoms with Gasteiger partial charge in [-0.05, 0) is 37.3 Å². The summed E-state index contributed by atoms with van der Waals surface area (Å²) in [4.78, 5) is 32.3. The van der Waals surface area contributed by atoms with Gasteiger partial charge in [-0.25, -0.2) is 9.78 Å². The normalized spacial score (nSPS) is 23.2. The zero-order valence-electron chi connectivity index (χ0n) is 17.7. The summed E-state index contributed by atoms with van der Waals surface area (Å²) in [6.07, 6.45) is 1.45. The number of urea groups is 1. The molecule has 2 unspecified atom stereocenters. The summed E-state index contributed by atoms with van der Waals surface area (Å²) in [7, 11) is 0. The van der Waals surface area contributed by atoms with E-state index in [0.29, 0.717) is 37.9 Å². The van der Waals surface area contributed by atoms with E-state index < -0.39 is 17.8 Å². The van der Waals surface area contributed by atoms with E-state index >= 15 is 0 Å². The molecule has 0 bridgehead atoms. The number of pyridine rings is 1. The van der Waals surface area contributed by atoms with Crippen LogP contribution in [0.15, 0.2) is 18.3 Å². The molecule has 1 aromatic rings. The summed E-state index contributed by atoms with van der Waals surface area (Å²) in [5.74, 6) is 0.535. The van der Waals surface area contributed by atoms with Crippen LogP contribution in [0.5, 0.6) is 0 Å². The molecular weight excluding hydrogens is 411 g/mol. The molecule has 2 fully saturated rings. The third-order valence-electron chi connectivity index (χ3n) is 6.04. The number of carbonyl (C=O) groups is 2. The molecule has 2 atom stereocenters. The molecule has 0 aromatic carbocycles.